The maximum absolute atomic E-state index is 14.0. The molecule has 5 aromatic rings. The summed E-state index contributed by atoms with van der Waals surface area (Å²) < 4.78 is 54.6. The van der Waals surface area contributed by atoms with Gasteiger partial charge in [0.15, 0.2) is 28.5 Å². The number of rotatable bonds is 7. The molecule has 3 aromatic heterocycles. The van der Waals surface area contributed by atoms with E-state index in [2.05, 4.69) is 20.5 Å². The highest BCUT2D eigenvalue weighted by atomic mass is 19.4. The second kappa shape index (κ2) is 9.88. The maximum Gasteiger partial charge on any atom is 0.433 e. The molecule has 0 bridgehead atoms. The number of aromatic nitrogens is 5. The molecule has 5 rings (SSSR count). The summed E-state index contributed by atoms with van der Waals surface area (Å²) in [4.78, 5) is 17.1. The second-order valence-electron chi connectivity index (χ2n) is 8.19. The molecule has 1 amide bonds. The molecular weight excluding hydrogens is 501 g/mol. The number of nitrogens with zero attached hydrogens (tertiary/aromatic N) is 5. The Balaban J connectivity index is 1.42. The highest BCUT2D eigenvalue weighted by Gasteiger charge is 2.35. The smallest absolute Gasteiger partial charge is 0.433 e. The van der Waals surface area contributed by atoms with Crippen molar-refractivity contribution < 1.29 is 27.4 Å². The van der Waals surface area contributed by atoms with E-state index in [9.17, 15) is 18.0 Å². The number of ether oxygens (including phenoxy) is 2. The topological polar surface area (TPSA) is 95.6 Å². The number of hydrogen-bond acceptors (Lipinski definition) is 6. The van der Waals surface area contributed by atoms with Gasteiger partial charge in [-0.1, -0.05) is 12.1 Å². The van der Waals surface area contributed by atoms with Gasteiger partial charge in [0.2, 0.25) is 0 Å². The molecule has 0 aliphatic rings. The number of carbonyl (C=O) groups is 1. The lowest BCUT2D eigenvalue weighted by atomic mass is 10.1. The first-order chi connectivity index (χ1) is 18.3. The third-order valence-electron chi connectivity index (χ3n) is 5.79. The molecule has 0 spiro atoms. The van der Waals surface area contributed by atoms with Crippen molar-refractivity contribution in [3.8, 4) is 28.4 Å². The van der Waals surface area contributed by atoms with Gasteiger partial charge in [0.05, 0.1) is 25.6 Å². The fourth-order valence-electron chi connectivity index (χ4n) is 3.89. The Labute approximate surface area is 214 Å². The molecule has 38 heavy (non-hydrogen) atoms. The van der Waals surface area contributed by atoms with Crippen molar-refractivity contribution >= 4 is 11.6 Å². The van der Waals surface area contributed by atoms with Crippen molar-refractivity contribution in [2.45, 2.75) is 12.7 Å². The molecule has 2 aromatic carbocycles. The molecule has 12 heteroatoms. The number of carbonyl (C=O) groups excluding carboxylic acids is 1. The summed E-state index contributed by atoms with van der Waals surface area (Å²) in [7, 11) is 2.88. The first kappa shape index (κ1) is 24.8. The largest absolute Gasteiger partial charge is 0.493 e. The van der Waals surface area contributed by atoms with Gasteiger partial charge in [-0.2, -0.15) is 23.4 Å². The molecule has 0 saturated carbocycles. The maximum atomic E-state index is 14.0. The number of benzene rings is 2. The summed E-state index contributed by atoms with van der Waals surface area (Å²) in [5.74, 6) is 0.131. The molecule has 0 unspecified atom stereocenters. The van der Waals surface area contributed by atoms with Crippen LogP contribution in [0.25, 0.3) is 22.6 Å². The number of amides is 1. The van der Waals surface area contributed by atoms with Crippen LogP contribution in [0.1, 0.15) is 21.7 Å². The average molecular weight is 522 g/mol. The van der Waals surface area contributed by atoms with Gasteiger partial charge in [-0.25, -0.2) is 14.2 Å². The SMILES string of the molecule is COc1ccc(-c2cc(C(F)(F)F)n3nc(C(=O)NCc4ccc(-n5cccn5)cc4)cc3n2)cc1OC. The van der Waals surface area contributed by atoms with E-state index in [0.717, 1.165) is 17.3 Å². The van der Waals surface area contributed by atoms with Gasteiger partial charge in [-0.15, -0.1) is 0 Å². The zero-order valence-electron chi connectivity index (χ0n) is 20.2. The Bertz CT molecular complexity index is 1600. The molecule has 0 aliphatic heterocycles. The quantitative estimate of drug-likeness (QED) is 0.337. The van der Waals surface area contributed by atoms with Gasteiger partial charge in [0, 0.05) is 30.6 Å². The lowest BCUT2D eigenvalue weighted by Gasteiger charge is -2.12. The van der Waals surface area contributed by atoms with Gasteiger partial charge >= 0.3 is 6.18 Å². The summed E-state index contributed by atoms with van der Waals surface area (Å²) in [6.45, 7) is 0.155. The van der Waals surface area contributed by atoms with Crippen LogP contribution in [0.5, 0.6) is 11.5 Å². The minimum atomic E-state index is -4.75. The van der Waals surface area contributed by atoms with Crippen molar-refractivity contribution in [2.75, 3.05) is 14.2 Å². The highest BCUT2D eigenvalue weighted by Crippen LogP contribution is 2.35. The molecule has 0 fully saturated rings. The van der Waals surface area contributed by atoms with Gasteiger partial charge in [-0.3, -0.25) is 4.79 Å². The summed E-state index contributed by atoms with van der Waals surface area (Å²) in [6, 6.07) is 15.9. The van der Waals surface area contributed by atoms with Gasteiger partial charge in [0.1, 0.15) is 0 Å². The second-order valence-corrected chi connectivity index (χ2v) is 8.19. The van der Waals surface area contributed by atoms with E-state index in [1.807, 2.05) is 24.3 Å². The third-order valence-corrected chi connectivity index (χ3v) is 5.79. The van der Waals surface area contributed by atoms with Crippen LogP contribution in [-0.2, 0) is 12.7 Å². The normalized spacial score (nSPS) is 11.5. The van der Waals surface area contributed by atoms with Crippen LogP contribution in [0.2, 0.25) is 0 Å². The number of methoxy groups -OCH3 is 2. The number of hydrogen-bond donors (Lipinski definition) is 1. The van der Waals surface area contributed by atoms with Crippen molar-refractivity contribution in [3.63, 3.8) is 0 Å². The standard InChI is InChI=1S/C26H21F3N6O3/c1-37-21-9-6-17(12-22(21)38-2)19-13-23(26(27,28)29)35-24(32-19)14-20(33-35)25(36)30-15-16-4-7-18(8-5-16)34-11-3-10-31-34/h3-14H,15H2,1-2H3,(H,30,36). The zero-order chi connectivity index (χ0) is 26.9. The summed E-state index contributed by atoms with van der Waals surface area (Å²) in [5, 5.41) is 10.7. The first-order valence-corrected chi connectivity index (χ1v) is 11.3. The van der Waals surface area contributed by atoms with E-state index in [1.165, 1.54) is 26.4 Å². The summed E-state index contributed by atoms with van der Waals surface area (Å²) in [5.41, 5.74) is 0.667. The molecule has 1 N–H and O–H groups in total. The van der Waals surface area contributed by atoms with Crippen LogP contribution in [-0.4, -0.2) is 44.5 Å². The van der Waals surface area contributed by atoms with E-state index in [1.54, 1.807) is 35.3 Å². The number of alkyl halides is 3. The molecular formula is C26H21F3N6O3. The Morgan fingerprint density at radius 1 is 1.00 bits per heavy atom. The van der Waals surface area contributed by atoms with Crippen molar-refractivity contribution in [3.05, 3.63) is 90.0 Å². The third kappa shape index (κ3) is 4.88. The van der Waals surface area contributed by atoms with E-state index < -0.39 is 17.8 Å². The van der Waals surface area contributed by atoms with Crippen molar-refractivity contribution in [1.82, 2.24) is 29.7 Å². The molecule has 0 aliphatic carbocycles. The Kier molecular flexibility index (Phi) is 6.45. The first-order valence-electron chi connectivity index (χ1n) is 11.3. The fourth-order valence-corrected chi connectivity index (χ4v) is 3.89. The number of nitrogens with one attached hydrogen (secondary N) is 1. The zero-order valence-corrected chi connectivity index (χ0v) is 20.2. The summed E-state index contributed by atoms with van der Waals surface area (Å²) >= 11 is 0. The van der Waals surface area contributed by atoms with Gasteiger partial charge in [0.25, 0.3) is 5.91 Å². The van der Waals surface area contributed by atoms with E-state index in [-0.39, 0.29) is 23.6 Å². The Morgan fingerprint density at radius 2 is 1.76 bits per heavy atom. The van der Waals surface area contributed by atoms with Crippen molar-refractivity contribution in [1.29, 1.82) is 0 Å². The lowest BCUT2D eigenvalue weighted by molar-refractivity contribution is -0.142. The fraction of sp³-hybridized carbons (Fsp3) is 0.154. The average Bonchev–Trinajstić information content (AvgIpc) is 3.61. The molecule has 3 heterocycles. The minimum absolute atomic E-state index is 0.0370. The van der Waals surface area contributed by atoms with Crippen LogP contribution < -0.4 is 14.8 Å². The predicted octanol–water partition coefficient (Wildman–Crippen LogP) is 4.55. The van der Waals surface area contributed by atoms with Crippen LogP contribution >= 0.6 is 0 Å². The van der Waals surface area contributed by atoms with E-state index in [0.29, 0.717) is 21.6 Å². The molecule has 0 radical (unpaired) electrons. The molecule has 0 atom stereocenters. The van der Waals surface area contributed by atoms with Gasteiger partial charge in [-0.05, 0) is 48.0 Å². The molecule has 9 nitrogen and oxygen atoms in total. The number of halogens is 3. The monoisotopic (exact) mass is 522 g/mol. The minimum Gasteiger partial charge on any atom is -0.493 e. The van der Waals surface area contributed by atoms with Crippen molar-refractivity contribution in [2.24, 2.45) is 0 Å². The van der Waals surface area contributed by atoms with E-state index >= 15 is 0 Å². The van der Waals surface area contributed by atoms with Crippen LogP contribution in [0.3, 0.4) is 0 Å². The predicted molar refractivity (Wildman–Crippen MR) is 131 cm³/mol. The molecule has 0 saturated heterocycles. The summed E-state index contributed by atoms with van der Waals surface area (Å²) in [6.07, 6.45) is -1.28. The highest BCUT2D eigenvalue weighted by molar-refractivity contribution is 5.93. The Hall–Kier alpha value is -4.87. The van der Waals surface area contributed by atoms with Crippen LogP contribution in [0, 0.1) is 0 Å². The Morgan fingerprint density at radius 3 is 2.42 bits per heavy atom. The number of fused-ring (bicyclic) bond motifs is 1. The van der Waals surface area contributed by atoms with Crippen LogP contribution in [0.4, 0.5) is 13.2 Å². The lowest BCUT2D eigenvalue weighted by Crippen LogP contribution is -2.23. The molecule has 194 valence electrons. The van der Waals surface area contributed by atoms with Crippen LogP contribution in [0.15, 0.2) is 73.1 Å². The van der Waals surface area contributed by atoms with Gasteiger partial charge < -0.3 is 14.8 Å². The van der Waals surface area contributed by atoms with E-state index in [4.69, 9.17) is 9.47 Å².